The van der Waals surface area contributed by atoms with Crippen LogP contribution in [0.4, 0.5) is 4.79 Å². The fourth-order valence-corrected chi connectivity index (χ4v) is 1.59. The van der Waals surface area contributed by atoms with E-state index in [0.29, 0.717) is 19.4 Å². The molecule has 3 N–H and O–H groups in total. The van der Waals surface area contributed by atoms with Crippen molar-refractivity contribution in [1.29, 1.82) is 0 Å². The van der Waals surface area contributed by atoms with Crippen LogP contribution in [0.25, 0.3) is 0 Å². The van der Waals surface area contributed by atoms with Gasteiger partial charge in [-0.1, -0.05) is 26.7 Å². The van der Waals surface area contributed by atoms with E-state index in [9.17, 15) is 9.59 Å². The number of hydrogen-bond donors (Lipinski definition) is 3. The lowest BCUT2D eigenvalue weighted by Gasteiger charge is -2.14. The summed E-state index contributed by atoms with van der Waals surface area (Å²) in [7, 11) is 0. The molecular weight excluding hydrogens is 232 g/mol. The average Bonchev–Trinajstić information content (AvgIpc) is 2.31. The van der Waals surface area contributed by atoms with Gasteiger partial charge >= 0.3 is 12.0 Å². The van der Waals surface area contributed by atoms with Crippen molar-refractivity contribution in [3.8, 4) is 0 Å². The Morgan fingerprint density at radius 3 is 2.39 bits per heavy atom. The second-order valence-electron chi connectivity index (χ2n) is 4.83. The number of nitrogens with one attached hydrogen (secondary N) is 2. The molecule has 106 valence electrons. The first kappa shape index (κ1) is 16.7. The standard InChI is InChI=1S/C13H26N2O3/c1-4-5-8-11(3)15-13(18)14-9-6-7-10(2)12(16)17/h10-11H,4-9H2,1-3H3,(H,16,17)(H2,14,15,18). The number of rotatable bonds is 9. The molecule has 2 unspecified atom stereocenters. The lowest BCUT2D eigenvalue weighted by Crippen LogP contribution is -2.41. The van der Waals surface area contributed by atoms with Crippen molar-refractivity contribution < 1.29 is 14.7 Å². The van der Waals surface area contributed by atoms with Crippen molar-refractivity contribution in [3.05, 3.63) is 0 Å². The fourth-order valence-electron chi connectivity index (χ4n) is 1.59. The lowest BCUT2D eigenvalue weighted by molar-refractivity contribution is -0.141. The maximum Gasteiger partial charge on any atom is 0.314 e. The Bertz CT molecular complexity index is 257. The Hall–Kier alpha value is -1.26. The SMILES string of the molecule is CCCCC(C)NC(=O)NCCCC(C)C(=O)O. The molecule has 0 saturated heterocycles. The van der Waals surface area contributed by atoms with Crippen LogP contribution in [-0.4, -0.2) is 29.7 Å². The van der Waals surface area contributed by atoms with Gasteiger partial charge in [0.05, 0.1) is 5.92 Å². The Morgan fingerprint density at radius 2 is 1.83 bits per heavy atom. The molecule has 5 heteroatoms. The van der Waals surface area contributed by atoms with E-state index in [4.69, 9.17) is 5.11 Å². The molecule has 2 atom stereocenters. The van der Waals surface area contributed by atoms with Crippen molar-refractivity contribution in [2.75, 3.05) is 6.54 Å². The summed E-state index contributed by atoms with van der Waals surface area (Å²) in [6.45, 7) is 6.30. The van der Waals surface area contributed by atoms with Crippen LogP contribution < -0.4 is 10.6 Å². The lowest BCUT2D eigenvalue weighted by atomic mass is 10.1. The highest BCUT2D eigenvalue weighted by Crippen LogP contribution is 2.04. The third-order valence-corrected chi connectivity index (χ3v) is 2.89. The molecule has 0 aromatic heterocycles. The van der Waals surface area contributed by atoms with E-state index in [1.807, 2.05) is 6.92 Å². The molecule has 0 heterocycles. The molecule has 0 spiro atoms. The van der Waals surface area contributed by atoms with Crippen molar-refractivity contribution in [1.82, 2.24) is 10.6 Å². The minimum Gasteiger partial charge on any atom is -0.481 e. The molecule has 0 bridgehead atoms. The van der Waals surface area contributed by atoms with Gasteiger partial charge < -0.3 is 15.7 Å². The highest BCUT2D eigenvalue weighted by molar-refractivity contribution is 5.74. The largest absolute Gasteiger partial charge is 0.481 e. The van der Waals surface area contributed by atoms with Crippen LogP contribution in [0.15, 0.2) is 0 Å². The summed E-state index contributed by atoms with van der Waals surface area (Å²) in [4.78, 5) is 22.0. The van der Waals surface area contributed by atoms with E-state index in [1.165, 1.54) is 0 Å². The Kier molecular flexibility index (Phi) is 9.06. The normalized spacial score (nSPS) is 13.7. The monoisotopic (exact) mass is 258 g/mol. The van der Waals surface area contributed by atoms with Crippen LogP contribution in [-0.2, 0) is 4.79 Å². The van der Waals surface area contributed by atoms with E-state index >= 15 is 0 Å². The van der Waals surface area contributed by atoms with Gasteiger partial charge in [0.2, 0.25) is 0 Å². The van der Waals surface area contributed by atoms with Gasteiger partial charge in [0, 0.05) is 12.6 Å². The maximum atomic E-state index is 11.5. The van der Waals surface area contributed by atoms with Gasteiger partial charge in [-0.05, 0) is 26.2 Å². The summed E-state index contributed by atoms with van der Waals surface area (Å²) in [5.74, 6) is -1.13. The number of urea groups is 1. The van der Waals surface area contributed by atoms with Gasteiger partial charge in [0.15, 0.2) is 0 Å². The minimum atomic E-state index is -0.785. The predicted molar refractivity (Wildman–Crippen MR) is 71.6 cm³/mol. The van der Waals surface area contributed by atoms with Crippen LogP contribution in [0.5, 0.6) is 0 Å². The molecule has 2 amide bonds. The second kappa shape index (κ2) is 9.74. The van der Waals surface area contributed by atoms with E-state index in [2.05, 4.69) is 17.6 Å². The van der Waals surface area contributed by atoms with Crippen LogP contribution in [0.1, 0.15) is 52.9 Å². The van der Waals surface area contributed by atoms with E-state index < -0.39 is 5.97 Å². The van der Waals surface area contributed by atoms with Crippen LogP contribution in [0, 0.1) is 5.92 Å². The maximum absolute atomic E-state index is 11.5. The number of carboxylic acids is 1. The van der Waals surface area contributed by atoms with Crippen LogP contribution >= 0.6 is 0 Å². The number of aliphatic carboxylic acids is 1. The van der Waals surface area contributed by atoms with Gasteiger partial charge in [-0.3, -0.25) is 4.79 Å². The topological polar surface area (TPSA) is 78.4 Å². The van der Waals surface area contributed by atoms with Gasteiger partial charge in [0.25, 0.3) is 0 Å². The summed E-state index contributed by atoms with van der Waals surface area (Å²) in [6.07, 6.45) is 4.49. The highest BCUT2D eigenvalue weighted by atomic mass is 16.4. The fraction of sp³-hybridized carbons (Fsp3) is 0.846. The molecule has 0 aliphatic carbocycles. The number of carboxylic acid groups (broad SMARTS) is 1. The minimum absolute atomic E-state index is 0.165. The third kappa shape index (κ3) is 8.84. The summed E-state index contributed by atoms with van der Waals surface area (Å²) >= 11 is 0. The Balaban J connectivity index is 3.56. The summed E-state index contributed by atoms with van der Waals surface area (Å²) in [6, 6.07) is 0.0180. The smallest absolute Gasteiger partial charge is 0.314 e. The molecule has 0 radical (unpaired) electrons. The molecule has 18 heavy (non-hydrogen) atoms. The quantitative estimate of drug-likeness (QED) is 0.555. The summed E-state index contributed by atoms with van der Waals surface area (Å²) in [5.41, 5.74) is 0. The second-order valence-corrected chi connectivity index (χ2v) is 4.83. The van der Waals surface area contributed by atoms with Gasteiger partial charge in [-0.2, -0.15) is 0 Å². The van der Waals surface area contributed by atoms with Crippen molar-refractivity contribution in [2.45, 2.75) is 58.9 Å². The highest BCUT2D eigenvalue weighted by Gasteiger charge is 2.10. The first-order chi connectivity index (χ1) is 8.47. The van der Waals surface area contributed by atoms with Gasteiger partial charge in [-0.15, -0.1) is 0 Å². The molecule has 0 saturated carbocycles. The van der Waals surface area contributed by atoms with Crippen molar-refractivity contribution in [2.24, 2.45) is 5.92 Å². The zero-order chi connectivity index (χ0) is 14.0. The van der Waals surface area contributed by atoms with Crippen LogP contribution in [0.2, 0.25) is 0 Å². The number of amides is 2. The third-order valence-electron chi connectivity index (χ3n) is 2.89. The first-order valence-electron chi connectivity index (χ1n) is 6.74. The van der Waals surface area contributed by atoms with E-state index in [1.54, 1.807) is 6.92 Å². The zero-order valence-corrected chi connectivity index (χ0v) is 11.7. The van der Waals surface area contributed by atoms with E-state index in [0.717, 1.165) is 19.3 Å². The predicted octanol–water partition coefficient (Wildman–Crippen LogP) is 2.37. The summed E-state index contributed by atoms with van der Waals surface area (Å²) < 4.78 is 0. The number of hydrogen-bond acceptors (Lipinski definition) is 2. The average molecular weight is 258 g/mol. The molecule has 0 aliphatic heterocycles. The zero-order valence-electron chi connectivity index (χ0n) is 11.7. The molecular formula is C13H26N2O3. The molecule has 0 rings (SSSR count). The van der Waals surface area contributed by atoms with Crippen molar-refractivity contribution >= 4 is 12.0 Å². The van der Waals surface area contributed by atoms with Gasteiger partial charge in [-0.25, -0.2) is 4.79 Å². The summed E-state index contributed by atoms with van der Waals surface area (Å²) in [5, 5.41) is 14.3. The first-order valence-corrected chi connectivity index (χ1v) is 6.74. The molecule has 0 aromatic rings. The van der Waals surface area contributed by atoms with E-state index in [-0.39, 0.29) is 18.0 Å². The Labute approximate surface area is 109 Å². The van der Waals surface area contributed by atoms with Crippen LogP contribution in [0.3, 0.4) is 0 Å². The van der Waals surface area contributed by atoms with Gasteiger partial charge in [0.1, 0.15) is 0 Å². The molecule has 0 fully saturated rings. The number of unbranched alkanes of at least 4 members (excludes halogenated alkanes) is 1. The number of carbonyl (C=O) groups is 2. The Morgan fingerprint density at radius 1 is 1.17 bits per heavy atom. The molecule has 0 aromatic carbocycles. The number of carbonyl (C=O) groups excluding carboxylic acids is 1. The molecule has 0 aliphatic rings. The molecule has 5 nitrogen and oxygen atoms in total. The van der Waals surface area contributed by atoms with Crippen molar-refractivity contribution in [3.63, 3.8) is 0 Å².